The fraction of sp³-hybridized carbons (Fsp3) is 0.250. The van der Waals surface area contributed by atoms with Gasteiger partial charge < -0.3 is 9.88 Å². The molecule has 0 aliphatic carbocycles. The van der Waals surface area contributed by atoms with Crippen LogP contribution in [0.5, 0.6) is 0 Å². The molecule has 1 atom stereocenters. The van der Waals surface area contributed by atoms with E-state index in [1.807, 2.05) is 36.3 Å². The van der Waals surface area contributed by atoms with Crippen LogP contribution in [0.25, 0.3) is 10.8 Å². The molecule has 2 aromatic heterocycles. The van der Waals surface area contributed by atoms with Crippen molar-refractivity contribution in [3.63, 3.8) is 0 Å². The fourth-order valence-electron chi connectivity index (χ4n) is 2.54. The maximum Gasteiger partial charge on any atom is 0.131 e. The molecule has 0 aliphatic heterocycles. The lowest BCUT2D eigenvalue weighted by Gasteiger charge is -2.18. The van der Waals surface area contributed by atoms with Crippen molar-refractivity contribution in [3.8, 4) is 0 Å². The van der Waals surface area contributed by atoms with Gasteiger partial charge in [-0.15, -0.1) is 0 Å². The van der Waals surface area contributed by atoms with Crippen molar-refractivity contribution in [1.82, 2.24) is 19.9 Å². The highest BCUT2D eigenvalue weighted by Crippen LogP contribution is 2.25. The Morgan fingerprint density at radius 3 is 2.75 bits per heavy atom. The van der Waals surface area contributed by atoms with Gasteiger partial charge in [0.1, 0.15) is 11.9 Å². The minimum Gasteiger partial charge on any atom is -0.336 e. The minimum atomic E-state index is 0.00565. The number of nitrogens with zero attached hydrogens (tertiary/aromatic N) is 3. The van der Waals surface area contributed by atoms with E-state index in [4.69, 9.17) is 0 Å². The van der Waals surface area contributed by atoms with Crippen molar-refractivity contribution in [2.45, 2.75) is 13.0 Å². The van der Waals surface area contributed by atoms with Crippen molar-refractivity contribution >= 4 is 10.8 Å². The number of aromatic nitrogens is 3. The molecule has 0 bridgehead atoms. The van der Waals surface area contributed by atoms with Crippen LogP contribution in [0.15, 0.2) is 48.9 Å². The zero-order chi connectivity index (χ0) is 13.9. The molecule has 4 nitrogen and oxygen atoms in total. The van der Waals surface area contributed by atoms with E-state index in [2.05, 4.69) is 46.5 Å². The molecule has 102 valence electrons. The second kappa shape index (κ2) is 5.43. The summed E-state index contributed by atoms with van der Waals surface area (Å²) >= 11 is 0. The van der Waals surface area contributed by atoms with E-state index in [1.54, 1.807) is 0 Å². The van der Waals surface area contributed by atoms with Gasteiger partial charge in [-0.05, 0) is 18.0 Å². The van der Waals surface area contributed by atoms with Crippen LogP contribution < -0.4 is 5.32 Å². The van der Waals surface area contributed by atoms with E-state index in [0.29, 0.717) is 0 Å². The standard InChI is InChI=1S/C16H18N4/c1-3-17-15(16-19-10-11-20(16)2)14-13-7-5-4-6-12(13)8-9-18-14/h4-11,15,17H,3H2,1-2H3. The number of hydrogen-bond acceptors (Lipinski definition) is 3. The Bertz CT molecular complexity index is 712. The van der Waals surface area contributed by atoms with Crippen molar-refractivity contribution in [1.29, 1.82) is 0 Å². The van der Waals surface area contributed by atoms with Gasteiger partial charge in [-0.25, -0.2) is 4.98 Å². The van der Waals surface area contributed by atoms with Crippen LogP contribution in [-0.2, 0) is 7.05 Å². The van der Waals surface area contributed by atoms with Gasteiger partial charge in [0.25, 0.3) is 0 Å². The van der Waals surface area contributed by atoms with Crippen LogP contribution in [0.3, 0.4) is 0 Å². The second-order valence-electron chi connectivity index (χ2n) is 4.80. The molecule has 3 rings (SSSR count). The highest BCUT2D eigenvalue weighted by Gasteiger charge is 2.20. The first kappa shape index (κ1) is 12.8. The highest BCUT2D eigenvalue weighted by molar-refractivity contribution is 5.84. The summed E-state index contributed by atoms with van der Waals surface area (Å²) in [4.78, 5) is 9.09. The smallest absolute Gasteiger partial charge is 0.131 e. The van der Waals surface area contributed by atoms with Gasteiger partial charge >= 0.3 is 0 Å². The summed E-state index contributed by atoms with van der Waals surface area (Å²) in [5, 5.41) is 5.86. The molecule has 2 heterocycles. The summed E-state index contributed by atoms with van der Waals surface area (Å²) in [5.74, 6) is 0.982. The van der Waals surface area contributed by atoms with E-state index >= 15 is 0 Å². The maximum atomic E-state index is 4.61. The minimum absolute atomic E-state index is 0.00565. The van der Waals surface area contributed by atoms with Gasteiger partial charge in [-0.3, -0.25) is 4.98 Å². The predicted octanol–water partition coefficient (Wildman–Crippen LogP) is 2.67. The first-order chi connectivity index (χ1) is 9.81. The van der Waals surface area contributed by atoms with Crippen LogP contribution in [0.4, 0.5) is 0 Å². The first-order valence-corrected chi connectivity index (χ1v) is 6.85. The molecule has 0 spiro atoms. The van der Waals surface area contributed by atoms with Crippen molar-refractivity contribution in [2.24, 2.45) is 7.05 Å². The Morgan fingerprint density at radius 2 is 2.00 bits per heavy atom. The van der Waals surface area contributed by atoms with Gasteiger partial charge in [-0.2, -0.15) is 0 Å². The van der Waals surface area contributed by atoms with Crippen LogP contribution >= 0.6 is 0 Å². The van der Waals surface area contributed by atoms with E-state index < -0.39 is 0 Å². The molecule has 0 saturated heterocycles. The monoisotopic (exact) mass is 266 g/mol. The van der Waals surface area contributed by atoms with Gasteiger partial charge in [0.15, 0.2) is 0 Å². The highest BCUT2D eigenvalue weighted by atomic mass is 15.1. The number of aryl methyl sites for hydroxylation is 1. The van der Waals surface area contributed by atoms with Gasteiger partial charge in [0.2, 0.25) is 0 Å². The van der Waals surface area contributed by atoms with Gasteiger partial charge in [0, 0.05) is 31.0 Å². The summed E-state index contributed by atoms with van der Waals surface area (Å²) in [6.45, 7) is 2.96. The number of hydrogen-bond donors (Lipinski definition) is 1. The third kappa shape index (κ3) is 2.18. The number of nitrogens with one attached hydrogen (secondary N) is 1. The second-order valence-corrected chi connectivity index (χ2v) is 4.80. The molecule has 20 heavy (non-hydrogen) atoms. The number of rotatable bonds is 4. The lowest BCUT2D eigenvalue weighted by atomic mass is 10.0. The number of benzene rings is 1. The molecule has 0 fully saturated rings. The van der Waals surface area contributed by atoms with Crippen LogP contribution in [-0.4, -0.2) is 21.1 Å². The molecule has 0 saturated carbocycles. The van der Waals surface area contributed by atoms with Crippen molar-refractivity contribution < 1.29 is 0 Å². The molecule has 0 amide bonds. The zero-order valence-corrected chi connectivity index (χ0v) is 11.7. The maximum absolute atomic E-state index is 4.61. The Kier molecular flexibility index (Phi) is 3.48. The largest absolute Gasteiger partial charge is 0.336 e. The first-order valence-electron chi connectivity index (χ1n) is 6.85. The molecule has 3 aromatic rings. The van der Waals surface area contributed by atoms with Crippen molar-refractivity contribution in [2.75, 3.05) is 6.54 Å². The van der Waals surface area contributed by atoms with Gasteiger partial charge in [-0.1, -0.05) is 31.2 Å². The average molecular weight is 266 g/mol. The lowest BCUT2D eigenvalue weighted by molar-refractivity contribution is 0.569. The topological polar surface area (TPSA) is 42.7 Å². The summed E-state index contributed by atoms with van der Waals surface area (Å²) in [6.07, 6.45) is 5.65. The summed E-state index contributed by atoms with van der Waals surface area (Å²) in [7, 11) is 2.01. The molecule has 1 N–H and O–H groups in total. The van der Waals surface area contributed by atoms with E-state index in [0.717, 1.165) is 18.1 Å². The third-order valence-electron chi connectivity index (χ3n) is 3.50. The van der Waals surface area contributed by atoms with Crippen molar-refractivity contribution in [3.05, 3.63) is 60.4 Å². The molecule has 0 radical (unpaired) electrons. The molecular weight excluding hydrogens is 248 g/mol. The van der Waals surface area contributed by atoms with Gasteiger partial charge in [0.05, 0.1) is 5.69 Å². The zero-order valence-electron chi connectivity index (χ0n) is 11.7. The summed E-state index contributed by atoms with van der Waals surface area (Å²) in [6, 6.07) is 10.4. The van der Waals surface area contributed by atoms with Crippen LogP contribution in [0, 0.1) is 0 Å². The number of imidazole rings is 1. The number of pyridine rings is 1. The number of fused-ring (bicyclic) bond motifs is 1. The fourth-order valence-corrected chi connectivity index (χ4v) is 2.54. The summed E-state index contributed by atoms with van der Waals surface area (Å²) < 4.78 is 2.04. The van der Waals surface area contributed by atoms with E-state index in [-0.39, 0.29) is 6.04 Å². The Labute approximate surface area is 118 Å². The Morgan fingerprint density at radius 1 is 1.15 bits per heavy atom. The molecule has 1 aromatic carbocycles. The SMILES string of the molecule is CCNC(c1nccc2ccccc12)c1nccn1C. The lowest BCUT2D eigenvalue weighted by Crippen LogP contribution is -2.25. The third-order valence-corrected chi connectivity index (χ3v) is 3.50. The van der Waals surface area contributed by atoms with Crippen LogP contribution in [0.1, 0.15) is 24.5 Å². The quantitative estimate of drug-likeness (QED) is 0.789. The molecule has 0 aliphatic rings. The van der Waals surface area contributed by atoms with Crippen LogP contribution in [0.2, 0.25) is 0 Å². The van der Waals surface area contributed by atoms with E-state index in [1.165, 1.54) is 10.8 Å². The Hall–Kier alpha value is -2.20. The molecule has 1 unspecified atom stereocenters. The molecule has 4 heteroatoms. The normalized spacial score (nSPS) is 12.7. The Balaban J connectivity index is 2.17. The molecular formula is C16H18N4. The average Bonchev–Trinajstić information content (AvgIpc) is 2.90. The van der Waals surface area contributed by atoms with E-state index in [9.17, 15) is 0 Å². The predicted molar refractivity (Wildman–Crippen MR) is 80.5 cm³/mol. The summed E-state index contributed by atoms with van der Waals surface area (Å²) in [5.41, 5.74) is 1.03.